The first kappa shape index (κ1) is 25.6. The number of nitrogens with zero attached hydrogens (tertiary/aromatic N) is 4. The van der Waals surface area contributed by atoms with Crippen LogP contribution >= 0.6 is 11.6 Å². The van der Waals surface area contributed by atoms with E-state index in [9.17, 15) is 10.1 Å². The average molecular weight is 539 g/mol. The summed E-state index contributed by atoms with van der Waals surface area (Å²) in [5.41, 5.74) is 9.88. The minimum atomic E-state index is -0.423. The number of halogens is 1. The highest BCUT2D eigenvalue weighted by molar-refractivity contribution is 6.30. The second-order valence-electron chi connectivity index (χ2n) is 8.60. The Morgan fingerprint density at radius 3 is 2.21 bits per heavy atom. The van der Waals surface area contributed by atoms with E-state index < -0.39 is 5.91 Å². The first-order valence-electron chi connectivity index (χ1n) is 11.9. The second-order valence-corrected chi connectivity index (χ2v) is 9.04. The maximum Gasteiger partial charge on any atom is 0.261 e. The van der Waals surface area contributed by atoms with Crippen LogP contribution in [0.25, 0.3) is 16.9 Å². The topological polar surface area (TPSA) is 128 Å². The fourth-order valence-electron chi connectivity index (χ4n) is 4.26. The normalized spacial score (nSPS) is 10.7. The van der Waals surface area contributed by atoms with Crippen LogP contribution in [0.5, 0.6) is 11.5 Å². The Kier molecular flexibility index (Phi) is 7.04. The molecule has 0 saturated carbocycles. The van der Waals surface area contributed by atoms with E-state index in [1.807, 2.05) is 24.3 Å². The number of hydrogen-bond donors (Lipinski definition) is 2. The summed E-state index contributed by atoms with van der Waals surface area (Å²) in [6, 6.07) is 23.5. The van der Waals surface area contributed by atoms with Crippen molar-refractivity contribution in [1.29, 1.82) is 5.26 Å². The molecule has 0 aliphatic carbocycles. The van der Waals surface area contributed by atoms with E-state index in [1.54, 1.807) is 62.8 Å². The highest BCUT2D eigenvalue weighted by atomic mass is 35.5. The number of nitrogens with two attached hydrogens (primary N) is 1. The molecule has 10 heteroatoms. The van der Waals surface area contributed by atoms with Crippen molar-refractivity contribution in [2.75, 3.05) is 25.3 Å². The van der Waals surface area contributed by atoms with Crippen LogP contribution in [0.15, 0.2) is 72.8 Å². The molecule has 0 aliphatic rings. The molecule has 9 nitrogen and oxygen atoms in total. The van der Waals surface area contributed by atoms with E-state index in [-0.39, 0.29) is 22.6 Å². The molecular weight excluding hydrogens is 516 g/mol. The number of nitrogen functional groups attached to an aromatic ring is 1. The third-order valence-electron chi connectivity index (χ3n) is 6.20. The van der Waals surface area contributed by atoms with Gasteiger partial charge in [0.25, 0.3) is 5.91 Å². The fourth-order valence-corrected chi connectivity index (χ4v) is 4.38. The number of fused-ring (bicyclic) bond motifs is 1. The Morgan fingerprint density at radius 1 is 1.00 bits per heavy atom. The predicted octanol–water partition coefficient (Wildman–Crippen LogP) is 5.36. The number of ether oxygens (including phenoxy) is 2. The Morgan fingerprint density at radius 2 is 1.62 bits per heavy atom. The number of aromatic nitrogens is 3. The highest BCUT2D eigenvalue weighted by Crippen LogP contribution is 2.32. The zero-order valence-corrected chi connectivity index (χ0v) is 21.9. The molecule has 0 radical (unpaired) electrons. The number of benzene rings is 3. The molecule has 5 rings (SSSR count). The Balaban J connectivity index is 1.71. The minimum Gasteiger partial charge on any atom is -0.497 e. The number of carbonyl (C=O) groups is 1. The van der Waals surface area contributed by atoms with Crippen LogP contribution in [0.1, 0.15) is 27.2 Å². The third-order valence-corrected chi connectivity index (χ3v) is 6.45. The van der Waals surface area contributed by atoms with E-state index in [0.29, 0.717) is 45.6 Å². The van der Waals surface area contributed by atoms with Crippen molar-refractivity contribution in [1.82, 2.24) is 14.6 Å². The Labute approximate surface area is 229 Å². The van der Waals surface area contributed by atoms with Gasteiger partial charge in [-0.15, -0.1) is 0 Å². The zero-order valence-electron chi connectivity index (χ0n) is 21.1. The van der Waals surface area contributed by atoms with Gasteiger partial charge in [0.2, 0.25) is 0 Å². The monoisotopic (exact) mass is 538 g/mol. The van der Waals surface area contributed by atoms with Crippen LogP contribution in [-0.4, -0.2) is 34.7 Å². The first-order chi connectivity index (χ1) is 18.9. The van der Waals surface area contributed by atoms with Crippen LogP contribution in [0, 0.1) is 11.3 Å². The van der Waals surface area contributed by atoms with Crippen LogP contribution in [0.3, 0.4) is 0 Å². The molecule has 0 fully saturated rings. The molecule has 0 aliphatic heterocycles. The molecule has 3 aromatic carbocycles. The van der Waals surface area contributed by atoms with Gasteiger partial charge in [0.05, 0.1) is 25.6 Å². The molecule has 0 spiro atoms. The number of nitrogens with one attached hydrogen (secondary N) is 1. The van der Waals surface area contributed by atoms with Gasteiger partial charge >= 0.3 is 0 Å². The lowest BCUT2D eigenvalue weighted by molar-refractivity contribution is 0.102. The van der Waals surface area contributed by atoms with Gasteiger partial charge in [0, 0.05) is 22.7 Å². The highest BCUT2D eigenvalue weighted by Gasteiger charge is 2.26. The van der Waals surface area contributed by atoms with Gasteiger partial charge in [-0.2, -0.15) is 10.4 Å². The molecule has 0 saturated heterocycles. The number of rotatable bonds is 7. The van der Waals surface area contributed by atoms with E-state index >= 15 is 0 Å². The molecule has 1 amide bonds. The van der Waals surface area contributed by atoms with Crippen LogP contribution in [-0.2, 0) is 6.42 Å². The average Bonchev–Trinajstić information content (AvgIpc) is 3.31. The SMILES string of the molecule is COc1ccc(Cc2nn3c(-c4ccc(OC)cc4)c(C#N)c(N)nc3c2C(=O)Nc2ccc(Cl)cc2)cc1. The van der Waals surface area contributed by atoms with Gasteiger partial charge in [-0.3, -0.25) is 4.79 Å². The molecular formula is C29H23ClN6O3. The largest absolute Gasteiger partial charge is 0.497 e. The lowest BCUT2D eigenvalue weighted by Crippen LogP contribution is -2.15. The van der Waals surface area contributed by atoms with Crippen molar-refractivity contribution in [3.8, 4) is 28.8 Å². The standard InChI is InChI=1S/C29H23ClN6O3/c1-38-21-11-3-17(4-12-21)15-24-25(29(37)33-20-9-7-19(30)8-10-20)28-34-27(32)23(16-31)26(36(28)35-24)18-5-13-22(39-2)14-6-18/h3-14H,15H2,1-2H3,(H2,32,34)(H,33,37). The predicted molar refractivity (Wildman–Crippen MR) is 149 cm³/mol. The zero-order chi connectivity index (χ0) is 27.5. The summed E-state index contributed by atoms with van der Waals surface area (Å²) >= 11 is 6.01. The molecule has 2 heterocycles. The van der Waals surface area contributed by atoms with Gasteiger partial charge < -0.3 is 20.5 Å². The molecule has 3 N–H and O–H groups in total. The lowest BCUT2D eigenvalue weighted by atomic mass is 10.0. The minimum absolute atomic E-state index is 0.00717. The number of carbonyl (C=O) groups excluding carboxylic acids is 1. The number of methoxy groups -OCH3 is 2. The number of nitriles is 1. The van der Waals surface area contributed by atoms with Gasteiger partial charge in [-0.05, 0) is 66.2 Å². The summed E-state index contributed by atoms with van der Waals surface area (Å²) in [5.74, 6) is 0.934. The van der Waals surface area contributed by atoms with E-state index in [2.05, 4.69) is 16.4 Å². The fraction of sp³-hybridized carbons (Fsp3) is 0.103. The number of amides is 1. The maximum atomic E-state index is 13.7. The molecule has 0 bridgehead atoms. The molecule has 0 atom stereocenters. The van der Waals surface area contributed by atoms with Gasteiger partial charge in [-0.25, -0.2) is 9.50 Å². The quantitative estimate of drug-likeness (QED) is 0.285. The van der Waals surface area contributed by atoms with Crippen molar-refractivity contribution >= 4 is 34.7 Å². The lowest BCUT2D eigenvalue weighted by Gasteiger charge is -2.10. The summed E-state index contributed by atoms with van der Waals surface area (Å²) in [5, 5.41) is 18.2. The van der Waals surface area contributed by atoms with Crippen molar-refractivity contribution in [3.05, 3.63) is 100 Å². The molecule has 2 aromatic heterocycles. The number of hydrogen-bond acceptors (Lipinski definition) is 7. The van der Waals surface area contributed by atoms with Crippen LogP contribution < -0.4 is 20.5 Å². The van der Waals surface area contributed by atoms with Crippen molar-refractivity contribution in [2.45, 2.75) is 6.42 Å². The maximum absolute atomic E-state index is 13.7. The summed E-state index contributed by atoms with van der Waals surface area (Å²) in [6.45, 7) is 0. The van der Waals surface area contributed by atoms with Gasteiger partial charge in [0.1, 0.15) is 34.5 Å². The summed E-state index contributed by atoms with van der Waals surface area (Å²) < 4.78 is 12.1. The van der Waals surface area contributed by atoms with E-state index in [0.717, 1.165) is 5.56 Å². The van der Waals surface area contributed by atoms with Crippen molar-refractivity contribution < 1.29 is 14.3 Å². The van der Waals surface area contributed by atoms with Gasteiger partial charge in [-0.1, -0.05) is 23.7 Å². The summed E-state index contributed by atoms with van der Waals surface area (Å²) in [6.07, 6.45) is 0.320. The van der Waals surface area contributed by atoms with Crippen LogP contribution in [0.2, 0.25) is 5.02 Å². The van der Waals surface area contributed by atoms with Crippen molar-refractivity contribution in [3.63, 3.8) is 0 Å². The molecule has 194 valence electrons. The number of anilines is 2. The van der Waals surface area contributed by atoms with E-state index in [1.165, 1.54) is 4.52 Å². The van der Waals surface area contributed by atoms with Gasteiger partial charge in [0.15, 0.2) is 5.65 Å². The summed E-state index contributed by atoms with van der Waals surface area (Å²) in [7, 11) is 3.17. The molecule has 0 unspecified atom stereocenters. The second kappa shape index (κ2) is 10.7. The Bertz CT molecular complexity index is 1710. The smallest absolute Gasteiger partial charge is 0.261 e. The Hall–Kier alpha value is -5.07. The van der Waals surface area contributed by atoms with Crippen molar-refractivity contribution in [2.24, 2.45) is 0 Å². The first-order valence-corrected chi connectivity index (χ1v) is 12.2. The van der Waals surface area contributed by atoms with E-state index in [4.69, 9.17) is 31.9 Å². The van der Waals surface area contributed by atoms with Crippen LogP contribution in [0.4, 0.5) is 11.5 Å². The summed E-state index contributed by atoms with van der Waals surface area (Å²) in [4.78, 5) is 18.2. The third kappa shape index (κ3) is 5.06. The molecule has 39 heavy (non-hydrogen) atoms. The molecule has 5 aromatic rings.